The van der Waals surface area contributed by atoms with Crippen molar-refractivity contribution in [3.63, 3.8) is 0 Å². The highest BCUT2D eigenvalue weighted by Crippen LogP contribution is 2.67. The zero-order chi connectivity index (χ0) is 13.1. The Hall–Kier alpha value is -0.850. The molecule has 1 heterocycles. The van der Waals surface area contributed by atoms with Crippen molar-refractivity contribution < 1.29 is 19.7 Å². The molecule has 0 bridgehead atoms. The summed E-state index contributed by atoms with van der Waals surface area (Å²) in [6, 6.07) is -0.558. The summed E-state index contributed by atoms with van der Waals surface area (Å²) in [7, 11) is 0. The summed E-state index contributed by atoms with van der Waals surface area (Å²) in [6.45, 7) is 4.05. The summed E-state index contributed by atoms with van der Waals surface area (Å²) in [5.74, 6) is -0.672. The third-order valence-corrected chi connectivity index (χ3v) is 4.53. The van der Waals surface area contributed by atoms with E-state index in [2.05, 4.69) is 10.0 Å². The maximum atomic E-state index is 10.2. The molecule has 2 aliphatic carbocycles. The zero-order valence-electron chi connectivity index (χ0n) is 10.4. The number of rotatable bonds is 2. The molecule has 0 unspecified atom stereocenters. The van der Waals surface area contributed by atoms with Gasteiger partial charge < -0.3 is 19.7 Å². The van der Waals surface area contributed by atoms with Crippen LogP contribution < -0.4 is 0 Å². The first-order valence-corrected chi connectivity index (χ1v) is 6.14. The summed E-state index contributed by atoms with van der Waals surface area (Å²) in [5.41, 5.74) is 8.00. The van der Waals surface area contributed by atoms with Gasteiger partial charge in [0.15, 0.2) is 5.79 Å². The molecule has 7 nitrogen and oxygen atoms in total. The molecular weight excluding hydrogens is 238 g/mol. The smallest absolute Gasteiger partial charge is 0.163 e. The SMILES string of the molecule is CC1(C)OC[C@@H]([C@@]23C[C@@H]2[C@@H](N=[N+]=[N-])[C@@H](O)[C@@H]3O)O1. The number of hydrogen-bond acceptors (Lipinski definition) is 5. The number of fused-ring (bicyclic) bond motifs is 1. The van der Waals surface area contributed by atoms with Gasteiger partial charge in [-0.2, -0.15) is 0 Å². The summed E-state index contributed by atoms with van der Waals surface area (Å²) in [6.07, 6.45) is -1.47. The third kappa shape index (κ3) is 1.42. The van der Waals surface area contributed by atoms with Crippen molar-refractivity contribution in [3.05, 3.63) is 10.4 Å². The molecule has 3 aliphatic rings. The van der Waals surface area contributed by atoms with Crippen LogP contribution in [0.15, 0.2) is 5.11 Å². The van der Waals surface area contributed by atoms with Gasteiger partial charge in [-0.15, -0.1) is 0 Å². The molecule has 2 N–H and O–H groups in total. The summed E-state index contributed by atoms with van der Waals surface area (Å²) in [4.78, 5) is 2.75. The van der Waals surface area contributed by atoms with Crippen molar-refractivity contribution in [3.8, 4) is 0 Å². The fraction of sp³-hybridized carbons (Fsp3) is 1.00. The van der Waals surface area contributed by atoms with E-state index in [0.29, 0.717) is 13.0 Å². The van der Waals surface area contributed by atoms with Crippen molar-refractivity contribution in [1.29, 1.82) is 0 Å². The molecule has 0 amide bonds. The first-order valence-electron chi connectivity index (χ1n) is 6.14. The van der Waals surface area contributed by atoms with E-state index in [0.717, 1.165) is 0 Å². The molecule has 0 aromatic rings. The van der Waals surface area contributed by atoms with E-state index in [4.69, 9.17) is 15.0 Å². The van der Waals surface area contributed by atoms with Gasteiger partial charge >= 0.3 is 0 Å². The maximum absolute atomic E-state index is 10.2. The van der Waals surface area contributed by atoms with Gasteiger partial charge in [-0.05, 0) is 31.7 Å². The molecule has 7 heteroatoms. The van der Waals surface area contributed by atoms with Crippen molar-refractivity contribution in [2.45, 2.75) is 50.4 Å². The van der Waals surface area contributed by atoms with E-state index in [1.807, 2.05) is 13.8 Å². The van der Waals surface area contributed by atoms with Gasteiger partial charge in [0.25, 0.3) is 0 Å². The Morgan fingerprint density at radius 1 is 1.39 bits per heavy atom. The van der Waals surface area contributed by atoms with E-state index in [-0.39, 0.29) is 12.0 Å². The van der Waals surface area contributed by atoms with Gasteiger partial charge in [0.1, 0.15) is 0 Å². The predicted octanol–water partition coefficient (Wildman–Crippen LogP) is 0.558. The molecule has 0 spiro atoms. The van der Waals surface area contributed by atoms with E-state index in [1.165, 1.54) is 0 Å². The van der Waals surface area contributed by atoms with Crippen molar-refractivity contribution in [1.82, 2.24) is 0 Å². The number of aliphatic hydroxyl groups excluding tert-OH is 2. The molecular formula is C11H17N3O4. The molecule has 3 fully saturated rings. The van der Waals surface area contributed by atoms with Crippen LogP contribution >= 0.6 is 0 Å². The largest absolute Gasteiger partial charge is 0.390 e. The van der Waals surface area contributed by atoms with Gasteiger partial charge in [-0.25, -0.2) is 0 Å². The number of nitrogens with zero attached hydrogens (tertiary/aromatic N) is 3. The fourth-order valence-corrected chi connectivity index (χ4v) is 3.56. The van der Waals surface area contributed by atoms with E-state index < -0.39 is 29.5 Å². The van der Waals surface area contributed by atoms with Crippen LogP contribution in [0.2, 0.25) is 0 Å². The predicted molar refractivity (Wildman–Crippen MR) is 60.4 cm³/mol. The molecule has 6 atom stereocenters. The number of aliphatic hydroxyl groups is 2. The topological polar surface area (TPSA) is 108 Å². The Balaban J connectivity index is 1.84. The van der Waals surface area contributed by atoms with Crippen LogP contribution in [-0.4, -0.2) is 47.0 Å². The maximum Gasteiger partial charge on any atom is 0.163 e. The zero-order valence-corrected chi connectivity index (χ0v) is 10.4. The second kappa shape index (κ2) is 3.59. The Bertz CT molecular complexity index is 423. The lowest BCUT2D eigenvalue weighted by atomic mass is 9.93. The van der Waals surface area contributed by atoms with Crippen LogP contribution in [0.3, 0.4) is 0 Å². The van der Waals surface area contributed by atoms with E-state index >= 15 is 0 Å². The quantitative estimate of drug-likeness (QED) is 0.427. The molecule has 2 saturated carbocycles. The first kappa shape index (κ1) is 12.2. The third-order valence-electron chi connectivity index (χ3n) is 4.53. The highest BCUT2D eigenvalue weighted by atomic mass is 16.7. The van der Waals surface area contributed by atoms with Crippen molar-refractivity contribution in [2.24, 2.45) is 16.4 Å². The minimum Gasteiger partial charge on any atom is -0.390 e. The Labute approximate surface area is 104 Å². The molecule has 100 valence electrons. The molecule has 0 aromatic heterocycles. The summed E-state index contributed by atoms with van der Waals surface area (Å²) in [5, 5.41) is 23.8. The van der Waals surface area contributed by atoms with Gasteiger partial charge in [0.2, 0.25) is 0 Å². The van der Waals surface area contributed by atoms with Crippen molar-refractivity contribution in [2.75, 3.05) is 6.61 Å². The first-order chi connectivity index (χ1) is 8.42. The van der Waals surface area contributed by atoms with Crippen LogP contribution in [0.25, 0.3) is 10.4 Å². The standard InChI is InChI=1S/C11H17N3O4/c1-10(2)17-4-6(18-10)11-3-5(11)7(13-14-12)8(15)9(11)16/h5-9,15-16H,3-4H2,1-2H3/t5-,6+,7-,8-,9+,11-/m1/s1. The van der Waals surface area contributed by atoms with Crippen LogP contribution in [0.5, 0.6) is 0 Å². The highest BCUT2D eigenvalue weighted by Gasteiger charge is 2.75. The molecule has 18 heavy (non-hydrogen) atoms. The lowest BCUT2D eigenvalue weighted by molar-refractivity contribution is -0.155. The van der Waals surface area contributed by atoms with Gasteiger partial charge in [0.05, 0.1) is 31.0 Å². The average molecular weight is 255 g/mol. The van der Waals surface area contributed by atoms with Crippen molar-refractivity contribution >= 4 is 0 Å². The minimum atomic E-state index is -1.01. The Morgan fingerprint density at radius 2 is 2.11 bits per heavy atom. The normalized spacial score (nSPS) is 52.8. The molecule has 1 saturated heterocycles. The second-order valence-corrected chi connectivity index (χ2v) is 5.87. The Kier molecular flexibility index (Phi) is 2.43. The lowest BCUT2D eigenvalue weighted by Gasteiger charge is -2.27. The minimum absolute atomic E-state index is 0.0131. The molecule has 0 aromatic carbocycles. The summed E-state index contributed by atoms with van der Waals surface area (Å²) >= 11 is 0. The van der Waals surface area contributed by atoms with Gasteiger partial charge in [0, 0.05) is 10.3 Å². The molecule has 0 radical (unpaired) electrons. The second-order valence-electron chi connectivity index (χ2n) is 5.87. The number of ether oxygens (including phenoxy) is 2. The number of hydrogen-bond donors (Lipinski definition) is 2. The molecule has 3 rings (SSSR count). The highest BCUT2D eigenvalue weighted by molar-refractivity contribution is 5.24. The van der Waals surface area contributed by atoms with Gasteiger partial charge in [-0.3, -0.25) is 0 Å². The van der Waals surface area contributed by atoms with Gasteiger partial charge in [-0.1, -0.05) is 5.11 Å². The number of azide groups is 1. The lowest BCUT2D eigenvalue weighted by Crippen LogP contribution is -2.41. The monoisotopic (exact) mass is 255 g/mol. The fourth-order valence-electron chi connectivity index (χ4n) is 3.56. The molecule has 1 aliphatic heterocycles. The Morgan fingerprint density at radius 3 is 2.67 bits per heavy atom. The van der Waals surface area contributed by atoms with E-state index in [1.54, 1.807) is 0 Å². The van der Waals surface area contributed by atoms with Crippen LogP contribution in [0.4, 0.5) is 0 Å². The van der Waals surface area contributed by atoms with E-state index in [9.17, 15) is 10.2 Å². The van der Waals surface area contributed by atoms with Crippen LogP contribution in [0.1, 0.15) is 20.3 Å². The van der Waals surface area contributed by atoms with Crippen LogP contribution in [0, 0.1) is 11.3 Å². The average Bonchev–Trinajstić information content (AvgIpc) is 2.89. The summed E-state index contributed by atoms with van der Waals surface area (Å²) < 4.78 is 11.3. The van der Waals surface area contributed by atoms with Crippen LogP contribution in [-0.2, 0) is 9.47 Å².